The summed E-state index contributed by atoms with van der Waals surface area (Å²) in [6, 6.07) is 6.87. The van der Waals surface area contributed by atoms with Gasteiger partial charge >= 0.3 is 0 Å². The lowest BCUT2D eigenvalue weighted by molar-refractivity contribution is -0.129. The minimum Gasteiger partial charge on any atom is -0.503 e. The van der Waals surface area contributed by atoms with E-state index < -0.39 is 17.7 Å². The van der Waals surface area contributed by atoms with Crippen LogP contribution in [0.1, 0.15) is 52.6 Å². The highest BCUT2D eigenvalue weighted by Gasteiger charge is 2.43. The van der Waals surface area contributed by atoms with Crippen molar-refractivity contribution >= 4 is 11.7 Å². The summed E-state index contributed by atoms with van der Waals surface area (Å²) in [6.45, 7) is 10.8. The molecule has 1 aromatic rings. The zero-order valence-electron chi connectivity index (χ0n) is 16.3. The molecule has 26 heavy (non-hydrogen) atoms. The Labute approximate surface area is 155 Å². The van der Waals surface area contributed by atoms with Gasteiger partial charge in [-0.3, -0.25) is 9.59 Å². The number of hydrogen-bond donors (Lipinski definition) is 1. The molecule has 1 N–H and O–H groups in total. The van der Waals surface area contributed by atoms with E-state index in [0.717, 1.165) is 17.7 Å². The van der Waals surface area contributed by atoms with E-state index in [1.165, 1.54) is 0 Å². The van der Waals surface area contributed by atoms with Crippen molar-refractivity contribution in [3.63, 3.8) is 0 Å². The van der Waals surface area contributed by atoms with E-state index in [1.54, 1.807) is 18.7 Å². The Morgan fingerprint density at radius 3 is 2.31 bits per heavy atom. The monoisotopic (exact) mass is 359 g/mol. The van der Waals surface area contributed by atoms with Crippen LogP contribution in [0.2, 0.25) is 0 Å². The minimum atomic E-state index is -0.545. The molecule has 0 spiro atoms. The van der Waals surface area contributed by atoms with E-state index in [-0.39, 0.29) is 17.3 Å². The van der Waals surface area contributed by atoms with Crippen LogP contribution in [-0.2, 0) is 9.59 Å². The Morgan fingerprint density at radius 1 is 1.19 bits per heavy atom. The molecule has 0 fully saturated rings. The van der Waals surface area contributed by atoms with Crippen LogP contribution in [-0.4, -0.2) is 34.8 Å². The first-order valence-corrected chi connectivity index (χ1v) is 9.28. The summed E-state index contributed by atoms with van der Waals surface area (Å²) < 4.78 is 5.71. The summed E-state index contributed by atoms with van der Waals surface area (Å²) in [5.41, 5.74) is 1.01. The highest BCUT2D eigenvalue weighted by atomic mass is 16.5. The summed E-state index contributed by atoms with van der Waals surface area (Å²) in [5, 5.41) is 10.3. The van der Waals surface area contributed by atoms with Crippen molar-refractivity contribution in [1.82, 2.24) is 4.90 Å². The zero-order chi connectivity index (χ0) is 19.4. The van der Waals surface area contributed by atoms with Crippen LogP contribution in [0.5, 0.6) is 5.75 Å². The summed E-state index contributed by atoms with van der Waals surface area (Å²) in [5.74, 6) is -0.198. The molecule has 1 aliphatic heterocycles. The van der Waals surface area contributed by atoms with E-state index in [2.05, 4.69) is 13.8 Å². The van der Waals surface area contributed by atoms with E-state index in [1.807, 2.05) is 31.2 Å². The lowest BCUT2D eigenvalue weighted by atomic mass is 9.91. The fraction of sp³-hybridized carbons (Fsp3) is 0.524. The standard InChI is InChI=1S/C21H29NO4/c1-6-11-22-18(17(19(23)14(4)5)20(24)21(22)25)15-7-9-16(10-8-15)26-12-13(2)3/h7-10,13-14,18,24H,6,11-12H2,1-5H3. The Bertz CT molecular complexity index is 688. The van der Waals surface area contributed by atoms with Crippen LogP contribution in [0.15, 0.2) is 35.6 Å². The number of ether oxygens (including phenoxy) is 1. The Morgan fingerprint density at radius 2 is 1.81 bits per heavy atom. The Balaban J connectivity index is 2.38. The summed E-state index contributed by atoms with van der Waals surface area (Å²) in [4.78, 5) is 26.7. The molecule has 5 nitrogen and oxygen atoms in total. The molecule has 142 valence electrons. The number of ketones is 1. The van der Waals surface area contributed by atoms with Crippen molar-refractivity contribution < 1.29 is 19.4 Å². The van der Waals surface area contributed by atoms with Crippen molar-refractivity contribution in [3.8, 4) is 5.75 Å². The average molecular weight is 359 g/mol. The van der Waals surface area contributed by atoms with Gasteiger partial charge < -0.3 is 14.7 Å². The topological polar surface area (TPSA) is 66.8 Å². The van der Waals surface area contributed by atoms with Crippen LogP contribution in [0.4, 0.5) is 0 Å². The molecule has 0 saturated heterocycles. The van der Waals surface area contributed by atoms with Crippen molar-refractivity contribution in [2.75, 3.05) is 13.2 Å². The van der Waals surface area contributed by atoms with Crippen molar-refractivity contribution in [2.45, 2.75) is 47.1 Å². The number of Topliss-reactive ketones (excluding diaryl/α,β-unsaturated/α-hetero) is 1. The molecule has 1 unspecified atom stereocenters. The average Bonchev–Trinajstić information content (AvgIpc) is 2.85. The van der Waals surface area contributed by atoms with Gasteiger partial charge in [0.15, 0.2) is 11.5 Å². The fourth-order valence-corrected chi connectivity index (χ4v) is 3.04. The third-order valence-electron chi connectivity index (χ3n) is 4.34. The molecule has 1 aromatic carbocycles. The second-order valence-electron chi connectivity index (χ2n) is 7.46. The van der Waals surface area contributed by atoms with Gasteiger partial charge in [0.2, 0.25) is 0 Å². The van der Waals surface area contributed by atoms with Crippen LogP contribution in [0.25, 0.3) is 0 Å². The molecule has 1 amide bonds. The van der Waals surface area contributed by atoms with Gasteiger partial charge in [0.25, 0.3) is 5.91 Å². The first-order valence-electron chi connectivity index (χ1n) is 9.28. The molecule has 5 heteroatoms. The maximum absolute atomic E-state index is 12.7. The lowest BCUT2D eigenvalue weighted by Gasteiger charge is -2.27. The van der Waals surface area contributed by atoms with Gasteiger partial charge in [-0.15, -0.1) is 0 Å². The maximum Gasteiger partial charge on any atom is 0.290 e. The zero-order valence-corrected chi connectivity index (χ0v) is 16.3. The largest absolute Gasteiger partial charge is 0.503 e. The number of amides is 1. The molecule has 2 rings (SSSR count). The SMILES string of the molecule is CCCN1C(=O)C(O)=C(C(=O)C(C)C)C1c1ccc(OCC(C)C)cc1. The second kappa shape index (κ2) is 8.39. The Kier molecular flexibility index (Phi) is 6.46. The molecule has 1 heterocycles. The van der Waals surface area contributed by atoms with E-state index >= 15 is 0 Å². The summed E-state index contributed by atoms with van der Waals surface area (Å²) in [6.07, 6.45) is 0.744. The minimum absolute atomic E-state index is 0.195. The third kappa shape index (κ3) is 4.09. The second-order valence-corrected chi connectivity index (χ2v) is 7.46. The van der Waals surface area contributed by atoms with Crippen LogP contribution >= 0.6 is 0 Å². The molecule has 1 atom stereocenters. The first-order chi connectivity index (χ1) is 12.3. The molecular formula is C21H29NO4. The number of nitrogens with zero attached hydrogens (tertiary/aromatic N) is 1. The molecule has 0 saturated carbocycles. The van der Waals surface area contributed by atoms with Gasteiger partial charge in [0.05, 0.1) is 18.2 Å². The van der Waals surface area contributed by atoms with E-state index in [4.69, 9.17) is 4.74 Å². The van der Waals surface area contributed by atoms with Crippen LogP contribution in [0.3, 0.4) is 0 Å². The molecule has 0 radical (unpaired) electrons. The normalized spacial score (nSPS) is 17.6. The van der Waals surface area contributed by atoms with Gasteiger partial charge in [0, 0.05) is 12.5 Å². The fourth-order valence-electron chi connectivity index (χ4n) is 3.04. The number of aliphatic hydroxyl groups is 1. The molecular weight excluding hydrogens is 330 g/mol. The Hall–Kier alpha value is -2.30. The highest BCUT2D eigenvalue weighted by Crippen LogP contribution is 2.39. The van der Waals surface area contributed by atoms with Gasteiger partial charge in [-0.2, -0.15) is 0 Å². The molecule has 0 aromatic heterocycles. The predicted octanol–water partition coefficient (Wildman–Crippen LogP) is 4.05. The summed E-state index contributed by atoms with van der Waals surface area (Å²) >= 11 is 0. The van der Waals surface area contributed by atoms with Gasteiger partial charge in [-0.1, -0.05) is 46.8 Å². The quantitative estimate of drug-likeness (QED) is 0.760. The summed E-state index contributed by atoms with van der Waals surface area (Å²) in [7, 11) is 0. The number of carbonyl (C=O) groups excluding carboxylic acids is 2. The van der Waals surface area contributed by atoms with Crippen molar-refractivity contribution in [3.05, 3.63) is 41.2 Å². The number of carbonyl (C=O) groups is 2. The van der Waals surface area contributed by atoms with Gasteiger partial charge in [-0.25, -0.2) is 0 Å². The third-order valence-corrected chi connectivity index (χ3v) is 4.34. The number of aliphatic hydroxyl groups excluding tert-OH is 1. The highest BCUT2D eigenvalue weighted by molar-refractivity contribution is 6.09. The molecule has 0 bridgehead atoms. The van der Waals surface area contributed by atoms with Gasteiger partial charge in [-0.05, 0) is 30.0 Å². The maximum atomic E-state index is 12.7. The van der Waals surface area contributed by atoms with E-state index in [9.17, 15) is 14.7 Å². The van der Waals surface area contributed by atoms with Gasteiger partial charge in [0.1, 0.15) is 5.75 Å². The van der Waals surface area contributed by atoms with Crippen LogP contribution < -0.4 is 4.74 Å². The number of hydrogen-bond acceptors (Lipinski definition) is 4. The first kappa shape index (κ1) is 20.0. The van der Waals surface area contributed by atoms with Crippen molar-refractivity contribution in [2.24, 2.45) is 11.8 Å². The van der Waals surface area contributed by atoms with Crippen molar-refractivity contribution in [1.29, 1.82) is 0 Å². The molecule has 0 aliphatic carbocycles. The molecule has 1 aliphatic rings. The number of benzene rings is 1. The number of rotatable bonds is 8. The predicted molar refractivity (Wildman–Crippen MR) is 101 cm³/mol. The van der Waals surface area contributed by atoms with E-state index in [0.29, 0.717) is 19.1 Å². The van der Waals surface area contributed by atoms with Crippen LogP contribution in [0, 0.1) is 11.8 Å². The smallest absolute Gasteiger partial charge is 0.290 e. The lowest BCUT2D eigenvalue weighted by Crippen LogP contribution is -2.32.